The summed E-state index contributed by atoms with van der Waals surface area (Å²) in [5, 5.41) is 9.71. The van der Waals surface area contributed by atoms with Crippen molar-refractivity contribution in [2.24, 2.45) is 0 Å². The van der Waals surface area contributed by atoms with Gasteiger partial charge in [-0.1, -0.05) is 5.56 Å². The van der Waals surface area contributed by atoms with E-state index in [2.05, 4.69) is 6.20 Å². The quantitative estimate of drug-likeness (QED) is 0.404. The molecule has 0 radical (unpaired) electrons. The summed E-state index contributed by atoms with van der Waals surface area (Å²) in [5.41, 5.74) is 1.21. The van der Waals surface area contributed by atoms with Crippen LogP contribution in [0.1, 0.15) is 23.7 Å². The smallest absolute Gasteiger partial charge is 0.169 e. The van der Waals surface area contributed by atoms with Crippen molar-refractivity contribution in [2.75, 3.05) is 5.75 Å². The second-order valence-corrected chi connectivity index (χ2v) is 4.25. The highest BCUT2D eigenvalue weighted by Crippen LogP contribution is 2.38. The molecule has 1 aliphatic rings. The third kappa shape index (κ3) is 1.55. The highest BCUT2D eigenvalue weighted by molar-refractivity contribution is 7.99. The Morgan fingerprint density at radius 3 is 3.25 bits per heavy atom. The lowest BCUT2D eigenvalue weighted by Crippen LogP contribution is -2.29. The van der Waals surface area contributed by atoms with Crippen LogP contribution in [0.2, 0.25) is 0 Å². The van der Waals surface area contributed by atoms with Gasteiger partial charge in [0.1, 0.15) is 6.20 Å². The molecule has 0 bridgehead atoms. The largest absolute Gasteiger partial charge is 0.309 e. The Morgan fingerprint density at radius 2 is 2.58 bits per heavy atom. The topological polar surface area (TPSA) is 24.1 Å². The number of hydrogen-bond acceptors (Lipinski definition) is 2. The lowest BCUT2D eigenvalue weighted by atomic mass is 10.1. The Morgan fingerprint density at radius 1 is 1.67 bits per heavy atom. The summed E-state index contributed by atoms with van der Waals surface area (Å²) in [6.45, 7) is 0. The Labute approximate surface area is 76.2 Å². The van der Waals surface area contributed by atoms with Gasteiger partial charge in [0.05, 0.1) is 0 Å². The Bertz CT molecular complexity index is 271. The molecular formula is C9H11NOS. The van der Waals surface area contributed by atoms with Gasteiger partial charge in [0.15, 0.2) is 6.20 Å². The Balaban J connectivity index is 2.21. The van der Waals surface area contributed by atoms with Gasteiger partial charge in [-0.05, 0) is 18.6 Å². The van der Waals surface area contributed by atoms with E-state index < -0.39 is 0 Å². The van der Waals surface area contributed by atoms with Gasteiger partial charge in [0.2, 0.25) is 0 Å². The maximum atomic E-state index is 9.13. The highest BCUT2D eigenvalue weighted by atomic mass is 32.2. The first kappa shape index (κ1) is 7.92. The van der Waals surface area contributed by atoms with Crippen molar-refractivity contribution in [1.29, 1.82) is 0 Å². The predicted octanol–water partition coefficient (Wildman–Crippen LogP) is 1.58. The normalized spacial score (nSPS) is 22.8. The summed E-state index contributed by atoms with van der Waals surface area (Å²) >= 11 is 1.97. The van der Waals surface area contributed by atoms with Crippen LogP contribution < -0.4 is 4.73 Å². The monoisotopic (exact) mass is 181 g/mol. The molecule has 1 aliphatic heterocycles. The molecule has 0 aliphatic carbocycles. The van der Waals surface area contributed by atoms with Gasteiger partial charge in [-0.3, -0.25) is 0 Å². The van der Waals surface area contributed by atoms with Gasteiger partial charge in [-0.25, -0.2) is 0 Å². The minimum atomic E-state index is 0.581. The SMILES string of the molecule is O[n+]1[c-]ccc(C2CCCS2)c1. The van der Waals surface area contributed by atoms with Crippen molar-refractivity contribution >= 4 is 11.8 Å². The summed E-state index contributed by atoms with van der Waals surface area (Å²) in [5.74, 6) is 1.24. The fraction of sp³-hybridized carbons (Fsp3) is 0.444. The molecular weight excluding hydrogens is 170 g/mol. The van der Waals surface area contributed by atoms with Gasteiger partial charge in [0.25, 0.3) is 0 Å². The third-order valence-corrected chi connectivity index (χ3v) is 3.49. The van der Waals surface area contributed by atoms with Crippen molar-refractivity contribution in [3.8, 4) is 0 Å². The summed E-state index contributed by atoms with van der Waals surface area (Å²) in [7, 11) is 0. The van der Waals surface area contributed by atoms with Crippen LogP contribution in [0.4, 0.5) is 0 Å². The minimum absolute atomic E-state index is 0.581. The van der Waals surface area contributed by atoms with Crippen molar-refractivity contribution in [2.45, 2.75) is 18.1 Å². The molecule has 0 spiro atoms. The van der Waals surface area contributed by atoms with E-state index in [0.29, 0.717) is 5.25 Å². The molecule has 1 fully saturated rings. The average Bonchev–Trinajstić information content (AvgIpc) is 2.56. The van der Waals surface area contributed by atoms with Gasteiger partial charge in [-0.15, -0.1) is 10.8 Å². The molecule has 1 aromatic rings. The number of rotatable bonds is 1. The maximum Gasteiger partial charge on any atom is 0.169 e. The highest BCUT2D eigenvalue weighted by Gasteiger charge is 2.16. The van der Waals surface area contributed by atoms with E-state index in [1.54, 1.807) is 12.3 Å². The maximum absolute atomic E-state index is 9.13. The van der Waals surface area contributed by atoms with Crippen molar-refractivity contribution in [1.82, 2.24) is 0 Å². The molecule has 1 N–H and O–H groups in total. The van der Waals surface area contributed by atoms with Crippen LogP contribution in [0.3, 0.4) is 0 Å². The van der Waals surface area contributed by atoms with Crippen LogP contribution in [-0.2, 0) is 0 Å². The van der Waals surface area contributed by atoms with E-state index in [4.69, 9.17) is 5.21 Å². The lowest BCUT2D eigenvalue weighted by molar-refractivity contribution is -0.908. The van der Waals surface area contributed by atoms with E-state index in [1.165, 1.54) is 24.2 Å². The van der Waals surface area contributed by atoms with Crippen LogP contribution in [0, 0.1) is 6.20 Å². The molecule has 64 valence electrons. The summed E-state index contributed by atoms with van der Waals surface area (Å²) < 4.78 is 1.01. The molecule has 0 aromatic carbocycles. The fourth-order valence-electron chi connectivity index (χ4n) is 1.46. The zero-order valence-electron chi connectivity index (χ0n) is 6.73. The van der Waals surface area contributed by atoms with E-state index in [1.807, 2.05) is 17.8 Å². The first-order chi connectivity index (χ1) is 5.86. The number of pyridine rings is 1. The molecule has 0 amide bonds. The van der Waals surface area contributed by atoms with Crippen LogP contribution in [0.5, 0.6) is 0 Å². The summed E-state index contributed by atoms with van der Waals surface area (Å²) in [4.78, 5) is 0. The lowest BCUT2D eigenvalue weighted by Gasteiger charge is -2.09. The second-order valence-electron chi connectivity index (χ2n) is 2.94. The number of hydrogen-bond donors (Lipinski definition) is 1. The zero-order valence-corrected chi connectivity index (χ0v) is 7.55. The number of aromatic nitrogens is 1. The molecule has 1 aromatic heterocycles. The molecule has 2 rings (SSSR count). The predicted molar refractivity (Wildman–Crippen MR) is 47.1 cm³/mol. The first-order valence-electron chi connectivity index (χ1n) is 4.10. The third-order valence-electron chi connectivity index (χ3n) is 2.06. The molecule has 2 heterocycles. The van der Waals surface area contributed by atoms with Crippen LogP contribution in [0.15, 0.2) is 18.3 Å². The summed E-state index contributed by atoms with van der Waals surface area (Å²) in [6.07, 6.45) is 6.92. The number of nitrogens with zero attached hydrogens (tertiary/aromatic N) is 1. The van der Waals surface area contributed by atoms with Crippen LogP contribution in [0.25, 0.3) is 0 Å². The van der Waals surface area contributed by atoms with E-state index in [0.717, 1.165) is 4.73 Å². The Kier molecular flexibility index (Phi) is 2.21. The van der Waals surface area contributed by atoms with Crippen molar-refractivity contribution in [3.63, 3.8) is 0 Å². The van der Waals surface area contributed by atoms with Crippen molar-refractivity contribution in [3.05, 3.63) is 30.1 Å². The molecule has 2 nitrogen and oxygen atoms in total. The van der Waals surface area contributed by atoms with Gasteiger partial charge in [-0.2, -0.15) is 17.8 Å². The zero-order chi connectivity index (χ0) is 8.39. The van der Waals surface area contributed by atoms with E-state index >= 15 is 0 Å². The van der Waals surface area contributed by atoms with Gasteiger partial charge in [0, 0.05) is 5.25 Å². The standard InChI is InChI=1S/C9H11NOS/c11-10-5-1-3-8(7-10)9-4-2-6-12-9/h1,3,7,9,11H,2,4,6H2. The average molecular weight is 181 g/mol. The van der Waals surface area contributed by atoms with Crippen LogP contribution in [-0.4, -0.2) is 11.0 Å². The molecule has 3 heteroatoms. The van der Waals surface area contributed by atoms with E-state index in [9.17, 15) is 0 Å². The molecule has 0 saturated carbocycles. The van der Waals surface area contributed by atoms with Crippen molar-refractivity contribution < 1.29 is 9.94 Å². The molecule has 12 heavy (non-hydrogen) atoms. The van der Waals surface area contributed by atoms with Gasteiger partial charge >= 0.3 is 0 Å². The minimum Gasteiger partial charge on any atom is -0.309 e. The summed E-state index contributed by atoms with van der Waals surface area (Å²) in [6, 6.07) is 3.78. The van der Waals surface area contributed by atoms with Gasteiger partial charge < -0.3 is 5.21 Å². The molecule has 1 unspecified atom stereocenters. The first-order valence-corrected chi connectivity index (χ1v) is 5.15. The Hall–Kier alpha value is -0.700. The number of thioether (sulfide) groups is 1. The molecule has 1 saturated heterocycles. The molecule has 1 atom stereocenters. The second kappa shape index (κ2) is 3.35. The fourth-order valence-corrected chi connectivity index (χ4v) is 2.75. The van der Waals surface area contributed by atoms with Crippen LogP contribution >= 0.6 is 11.8 Å². The van der Waals surface area contributed by atoms with E-state index in [-0.39, 0.29) is 0 Å².